The van der Waals surface area contributed by atoms with Gasteiger partial charge in [-0.2, -0.15) is 0 Å². The van der Waals surface area contributed by atoms with Crippen LogP contribution in [0.5, 0.6) is 0 Å². The largest absolute Gasteiger partial charge is 0.461 e. The summed E-state index contributed by atoms with van der Waals surface area (Å²) in [5.41, 5.74) is 5.45. The average molecular weight is 231 g/mol. The van der Waals surface area contributed by atoms with E-state index >= 15 is 0 Å². The summed E-state index contributed by atoms with van der Waals surface area (Å²) in [6.07, 6.45) is 2.09. The van der Waals surface area contributed by atoms with Gasteiger partial charge in [0.25, 0.3) is 0 Å². The molecule has 0 spiro atoms. The first-order valence-corrected chi connectivity index (χ1v) is 5.87. The third kappa shape index (κ3) is 4.47. The van der Waals surface area contributed by atoms with Gasteiger partial charge in [-0.05, 0) is 19.3 Å². The van der Waals surface area contributed by atoms with Gasteiger partial charge in [0.05, 0.1) is 12.7 Å². The second-order valence-corrected chi connectivity index (χ2v) is 3.84. The van der Waals surface area contributed by atoms with Crippen molar-refractivity contribution in [1.82, 2.24) is 0 Å². The third-order valence-corrected chi connectivity index (χ3v) is 2.45. The van der Waals surface area contributed by atoms with Crippen molar-refractivity contribution in [2.75, 3.05) is 26.4 Å². The maximum atomic E-state index is 11.5. The van der Waals surface area contributed by atoms with Crippen LogP contribution >= 0.6 is 0 Å². The molecule has 2 N–H and O–H groups in total. The first kappa shape index (κ1) is 13.4. The molecule has 1 saturated heterocycles. The normalized spacial score (nSPS) is 24.6. The Kier molecular flexibility index (Phi) is 6.37. The Balaban J connectivity index is 2.06. The van der Waals surface area contributed by atoms with Crippen LogP contribution in [0.15, 0.2) is 0 Å². The summed E-state index contributed by atoms with van der Waals surface area (Å²) in [4.78, 5) is 11.5. The molecule has 5 nitrogen and oxygen atoms in total. The highest BCUT2D eigenvalue weighted by molar-refractivity contribution is 5.74. The van der Waals surface area contributed by atoms with E-state index in [1.807, 2.05) is 6.92 Å². The van der Waals surface area contributed by atoms with Crippen molar-refractivity contribution in [3.05, 3.63) is 0 Å². The zero-order chi connectivity index (χ0) is 11.8. The molecule has 1 heterocycles. The molecule has 0 aliphatic carbocycles. The molecule has 2 atom stereocenters. The van der Waals surface area contributed by atoms with Crippen LogP contribution in [0.25, 0.3) is 0 Å². The second kappa shape index (κ2) is 7.60. The Morgan fingerprint density at radius 1 is 1.38 bits per heavy atom. The van der Waals surface area contributed by atoms with Crippen molar-refractivity contribution in [3.63, 3.8) is 0 Å². The van der Waals surface area contributed by atoms with Crippen molar-refractivity contribution in [2.24, 2.45) is 5.73 Å². The van der Waals surface area contributed by atoms with Crippen molar-refractivity contribution < 1.29 is 19.0 Å². The van der Waals surface area contributed by atoms with E-state index in [4.69, 9.17) is 19.9 Å². The number of rotatable bonds is 7. The van der Waals surface area contributed by atoms with Crippen LogP contribution in [0.1, 0.15) is 26.2 Å². The molecule has 0 aromatic heterocycles. The van der Waals surface area contributed by atoms with E-state index in [-0.39, 0.29) is 12.1 Å². The second-order valence-electron chi connectivity index (χ2n) is 3.84. The Bertz CT molecular complexity index is 210. The first-order valence-electron chi connectivity index (χ1n) is 5.87. The number of carbonyl (C=O) groups is 1. The van der Waals surface area contributed by atoms with E-state index in [0.717, 1.165) is 12.8 Å². The molecule has 94 valence electrons. The maximum Gasteiger partial charge on any atom is 0.335 e. The Labute approximate surface area is 96.2 Å². The van der Waals surface area contributed by atoms with E-state index in [1.165, 1.54) is 0 Å². The lowest BCUT2D eigenvalue weighted by Crippen LogP contribution is -2.27. The lowest BCUT2D eigenvalue weighted by atomic mass is 10.2. The SMILES string of the molecule is CCCOCCOC(=O)C1CCC(CN)O1. The molecule has 1 aliphatic rings. The molecule has 5 heteroatoms. The van der Waals surface area contributed by atoms with Crippen LogP contribution in [-0.4, -0.2) is 44.5 Å². The summed E-state index contributed by atoms with van der Waals surface area (Å²) >= 11 is 0. The van der Waals surface area contributed by atoms with Crippen LogP contribution in [-0.2, 0) is 19.0 Å². The molecule has 1 fully saturated rings. The molecule has 1 rings (SSSR count). The van der Waals surface area contributed by atoms with Crippen LogP contribution in [0, 0.1) is 0 Å². The van der Waals surface area contributed by atoms with Crippen LogP contribution in [0.2, 0.25) is 0 Å². The van der Waals surface area contributed by atoms with Gasteiger partial charge in [-0.25, -0.2) is 4.79 Å². The van der Waals surface area contributed by atoms with Crippen molar-refractivity contribution in [2.45, 2.75) is 38.4 Å². The number of carbonyl (C=O) groups excluding carboxylic acids is 1. The quantitative estimate of drug-likeness (QED) is 0.509. The standard InChI is InChI=1S/C11H21NO4/c1-2-5-14-6-7-15-11(13)10-4-3-9(8-12)16-10/h9-10H,2-8,12H2,1H3. The molecular weight excluding hydrogens is 210 g/mol. The summed E-state index contributed by atoms with van der Waals surface area (Å²) in [6.45, 7) is 3.94. The van der Waals surface area contributed by atoms with Gasteiger partial charge in [0, 0.05) is 13.2 Å². The van der Waals surface area contributed by atoms with Crippen LogP contribution in [0.4, 0.5) is 0 Å². The molecule has 0 aromatic rings. The minimum Gasteiger partial charge on any atom is -0.461 e. The number of esters is 1. The predicted molar refractivity (Wildman–Crippen MR) is 59.0 cm³/mol. The van der Waals surface area contributed by atoms with Gasteiger partial charge < -0.3 is 19.9 Å². The number of hydrogen-bond donors (Lipinski definition) is 1. The Morgan fingerprint density at radius 2 is 2.19 bits per heavy atom. The first-order chi connectivity index (χ1) is 7.77. The number of hydrogen-bond acceptors (Lipinski definition) is 5. The summed E-state index contributed by atoms with van der Waals surface area (Å²) in [5.74, 6) is -0.295. The zero-order valence-electron chi connectivity index (χ0n) is 9.81. The molecule has 1 aliphatic heterocycles. The Hall–Kier alpha value is -0.650. The van der Waals surface area contributed by atoms with Gasteiger partial charge in [0.15, 0.2) is 6.10 Å². The molecule has 2 unspecified atom stereocenters. The number of ether oxygens (including phenoxy) is 3. The fraction of sp³-hybridized carbons (Fsp3) is 0.909. The topological polar surface area (TPSA) is 70.8 Å². The van der Waals surface area contributed by atoms with E-state index in [0.29, 0.717) is 32.8 Å². The minimum absolute atomic E-state index is 0.00823. The molecule has 0 aromatic carbocycles. The third-order valence-electron chi connectivity index (χ3n) is 2.45. The van der Waals surface area contributed by atoms with Crippen molar-refractivity contribution in [3.8, 4) is 0 Å². The average Bonchev–Trinajstić information content (AvgIpc) is 2.77. The summed E-state index contributed by atoms with van der Waals surface area (Å²) in [5, 5.41) is 0. The molecule has 16 heavy (non-hydrogen) atoms. The highest BCUT2D eigenvalue weighted by Gasteiger charge is 2.30. The highest BCUT2D eigenvalue weighted by Crippen LogP contribution is 2.19. The smallest absolute Gasteiger partial charge is 0.335 e. The monoisotopic (exact) mass is 231 g/mol. The van der Waals surface area contributed by atoms with Gasteiger partial charge in [-0.3, -0.25) is 0 Å². The molecule has 0 radical (unpaired) electrons. The van der Waals surface area contributed by atoms with E-state index < -0.39 is 6.10 Å². The lowest BCUT2D eigenvalue weighted by Gasteiger charge is -2.11. The minimum atomic E-state index is -0.431. The predicted octanol–water partition coefficient (Wildman–Crippen LogP) is 0.463. The molecule has 0 bridgehead atoms. The van der Waals surface area contributed by atoms with E-state index in [2.05, 4.69) is 0 Å². The summed E-state index contributed by atoms with van der Waals surface area (Å²) in [7, 11) is 0. The van der Waals surface area contributed by atoms with Crippen molar-refractivity contribution in [1.29, 1.82) is 0 Å². The fourth-order valence-corrected chi connectivity index (χ4v) is 1.59. The summed E-state index contributed by atoms with van der Waals surface area (Å²) in [6, 6.07) is 0. The lowest BCUT2D eigenvalue weighted by molar-refractivity contribution is -0.157. The van der Waals surface area contributed by atoms with Gasteiger partial charge in [-0.15, -0.1) is 0 Å². The number of nitrogens with two attached hydrogens (primary N) is 1. The highest BCUT2D eigenvalue weighted by atomic mass is 16.6. The molecule has 0 amide bonds. The summed E-state index contributed by atoms with van der Waals surface area (Å²) < 4.78 is 15.6. The molecular formula is C11H21NO4. The van der Waals surface area contributed by atoms with E-state index in [9.17, 15) is 4.79 Å². The van der Waals surface area contributed by atoms with E-state index in [1.54, 1.807) is 0 Å². The van der Waals surface area contributed by atoms with Crippen LogP contribution < -0.4 is 5.73 Å². The van der Waals surface area contributed by atoms with Crippen LogP contribution in [0.3, 0.4) is 0 Å². The molecule has 0 saturated carbocycles. The fourth-order valence-electron chi connectivity index (χ4n) is 1.59. The zero-order valence-corrected chi connectivity index (χ0v) is 9.81. The van der Waals surface area contributed by atoms with Gasteiger partial charge in [0.1, 0.15) is 6.61 Å². The maximum absolute atomic E-state index is 11.5. The van der Waals surface area contributed by atoms with Gasteiger partial charge in [-0.1, -0.05) is 6.92 Å². The van der Waals surface area contributed by atoms with Gasteiger partial charge in [0.2, 0.25) is 0 Å². The Morgan fingerprint density at radius 3 is 2.81 bits per heavy atom. The van der Waals surface area contributed by atoms with Crippen molar-refractivity contribution >= 4 is 5.97 Å². The van der Waals surface area contributed by atoms with Gasteiger partial charge >= 0.3 is 5.97 Å².